The Kier molecular flexibility index (Phi) is 4.37. The lowest BCUT2D eigenvalue weighted by Gasteiger charge is -2.08. The Hall–Kier alpha value is -0.790. The summed E-state index contributed by atoms with van der Waals surface area (Å²) in [5, 5.41) is 7.98. The highest BCUT2D eigenvalue weighted by Crippen LogP contribution is 2.15. The smallest absolute Gasteiger partial charge is 0.241 e. The molecule has 0 saturated carbocycles. The number of thioether (sulfide) groups is 1. The Balaban J connectivity index is 2.88. The number of anilines is 1. The van der Waals surface area contributed by atoms with E-state index >= 15 is 0 Å². The van der Waals surface area contributed by atoms with Crippen molar-refractivity contribution >= 4 is 27.6 Å². The monoisotopic (exact) mass is 247 g/mol. The van der Waals surface area contributed by atoms with E-state index in [0.717, 1.165) is 5.75 Å². The van der Waals surface area contributed by atoms with Gasteiger partial charge in [0.2, 0.25) is 10.0 Å². The van der Waals surface area contributed by atoms with Gasteiger partial charge in [-0.2, -0.15) is 11.8 Å². The molecule has 0 aliphatic heterocycles. The van der Waals surface area contributed by atoms with E-state index < -0.39 is 10.0 Å². The zero-order valence-corrected chi connectivity index (χ0v) is 9.94. The zero-order valence-electron chi connectivity index (χ0n) is 8.30. The number of hydrogen-bond acceptors (Lipinski definition) is 5. The molecule has 0 bridgehead atoms. The number of aromatic nitrogens is 1. The molecule has 0 aliphatic carbocycles. The summed E-state index contributed by atoms with van der Waals surface area (Å²) in [5.41, 5.74) is 0. The Morgan fingerprint density at radius 3 is 2.93 bits per heavy atom. The molecular formula is C8H13N3O2S2. The number of nitrogens with two attached hydrogens (primary N) is 1. The molecule has 3 N–H and O–H groups in total. The van der Waals surface area contributed by atoms with E-state index in [9.17, 15) is 8.42 Å². The van der Waals surface area contributed by atoms with Crippen LogP contribution in [0.5, 0.6) is 0 Å². The zero-order chi connectivity index (χ0) is 11.3. The molecule has 7 heteroatoms. The molecule has 0 saturated heterocycles. The number of nitrogens with zero attached hydrogens (tertiary/aromatic N) is 1. The third kappa shape index (κ3) is 3.69. The molecule has 84 valence electrons. The molecule has 15 heavy (non-hydrogen) atoms. The second kappa shape index (κ2) is 5.34. The molecule has 0 fully saturated rings. The van der Waals surface area contributed by atoms with Gasteiger partial charge >= 0.3 is 0 Å². The first-order chi connectivity index (χ1) is 7.05. The summed E-state index contributed by atoms with van der Waals surface area (Å²) in [4.78, 5) is 3.97. The summed E-state index contributed by atoms with van der Waals surface area (Å²) in [6, 6.07) is 2.98. The summed E-state index contributed by atoms with van der Waals surface area (Å²) >= 11 is 1.66. The number of nitrogens with one attached hydrogen (secondary N) is 1. The minimum atomic E-state index is -3.70. The molecule has 1 aromatic rings. The number of primary sulfonamides is 1. The van der Waals surface area contributed by atoms with Crippen LogP contribution in [0.4, 0.5) is 5.82 Å². The first kappa shape index (κ1) is 12.3. The van der Waals surface area contributed by atoms with E-state index in [1.807, 2.05) is 6.26 Å². The Labute approximate surface area is 93.5 Å². The molecule has 0 atom stereocenters. The number of pyridine rings is 1. The normalized spacial score (nSPS) is 11.3. The summed E-state index contributed by atoms with van der Waals surface area (Å²) in [6.45, 7) is 0.653. The molecule has 0 aromatic carbocycles. The van der Waals surface area contributed by atoms with Crippen molar-refractivity contribution in [1.29, 1.82) is 0 Å². The molecule has 1 aromatic heterocycles. The number of hydrogen-bond donors (Lipinski definition) is 2. The van der Waals surface area contributed by atoms with Crippen molar-refractivity contribution in [2.24, 2.45) is 5.14 Å². The van der Waals surface area contributed by atoms with Crippen molar-refractivity contribution in [2.45, 2.75) is 4.90 Å². The molecular weight excluding hydrogens is 234 g/mol. The van der Waals surface area contributed by atoms with Gasteiger partial charge in [-0.15, -0.1) is 0 Å². The van der Waals surface area contributed by atoms with E-state index in [2.05, 4.69) is 10.3 Å². The van der Waals surface area contributed by atoms with Gasteiger partial charge in [0.1, 0.15) is 10.7 Å². The van der Waals surface area contributed by atoms with Gasteiger partial charge in [-0.25, -0.2) is 18.5 Å². The lowest BCUT2D eigenvalue weighted by atomic mass is 10.4. The van der Waals surface area contributed by atoms with Crippen molar-refractivity contribution in [1.82, 2.24) is 4.98 Å². The van der Waals surface area contributed by atoms with Crippen molar-refractivity contribution in [3.63, 3.8) is 0 Å². The van der Waals surface area contributed by atoms with Crippen LogP contribution < -0.4 is 10.5 Å². The van der Waals surface area contributed by atoms with Gasteiger partial charge in [-0.3, -0.25) is 0 Å². The van der Waals surface area contributed by atoms with Crippen LogP contribution in [-0.2, 0) is 10.0 Å². The molecule has 5 nitrogen and oxygen atoms in total. The van der Waals surface area contributed by atoms with Crippen LogP contribution in [0.25, 0.3) is 0 Å². The fourth-order valence-electron chi connectivity index (χ4n) is 1.02. The van der Waals surface area contributed by atoms with Crippen LogP contribution in [0.1, 0.15) is 0 Å². The highest BCUT2D eigenvalue weighted by molar-refractivity contribution is 7.98. The predicted molar refractivity (Wildman–Crippen MR) is 62.5 cm³/mol. The summed E-state index contributed by atoms with van der Waals surface area (Å²) < 4.78 is 22.4. The minimum absolute atomic E-state index is 0.0334. The first-order valence-electron chi connectivity index (χ1n) is 4.26. The third-order valence-corrected chi connectivity index (χ3v) is 3.23. The molecule has 0 radical (unpaired) electrons. The predicted octanol–water partition coefficient (Wildman–Crippen LogP) is 0.504. The minimum Gasteiger partial charge on any atom is -0.368 e. The molecule has 1 heterocycles. The molecule has 0 spiro atoms. The lowest BCUT2D eigenvalue weighted by Crippen LogP contribution is -2.16. The van der Waals surface area contributed by atoms with E-state index in [-0.39, 0.29) is 4.90 Å². The van der Waals surface area contributed by atoms with Crippen LogP contribution in [0.2, 0.25) is 0 Å². The van der Waals surface area contributed by atoms with E-state index in [1.54, 1.807) is 17.8 Å². The summed E-state index contributed by atoms with van der Waals surface area (Å²) in [5.74, 6) is 1.19. The van der Waals surface area contributed by atoms with Crippen LogP contribution in [0.3, 0.4) is 0 Å². The molecule has 0 amide bonds. The largest absolute Gasteiger partial charge is 0.368 e. The van der Waals surface area contributed by atoms with Crippen molar-refractivity contribution in [2.75, 3.05) is 23.9 Å². The van der Waals surface area contributed by atoms with Crippen molar-refractivity contribution < 1.29 is 8.42 Å². The maximum Gasteiger partial charge on any atom is 0.241 e. The van der Waals surface area contributed by atoms with Gasteiger partial charge in [-0.1, -0.05) is 0 Å². The third-order valence-electron chi connectivity index (χ3n) is 1.68. The maximum atomic E-state index is 11.2. The summed E-state index contributed by atoms with van der Waals surface area (Å²) in [7, 11) is -3.70. The van der Waals surface area contributed by atoms with Crippen LogP contribution in [-0.4, -0.2) is 32.0 Å². The summed E-state index contributed by atoms with van der Waals surface area (Å²) in [6.07, 6.45) is 3.50. The molecule has 0 unspecified atom stereocenters. The van der Waals surface area contributed by atoms with Gasteiger partial charge in [0.05, 0.1) is 0 Å². The van der Waals surface area contributed by atoms with Crippen LogP contribution in [0.15, 0.2) is 23.2 Å². The van der Waals surface area contributed by atoms with E-state index in [4.69, 9.17) is 5.14 Å². The lowest BCUT2D eigenvalue weighted by molar-refractivity contribution is 0.597. The topological polar surface area (TPSA) is 85.1 Å². The van der Waals surface area contributed by atoms with Gasteiger partial charge in [0.15, 0.2) is 0 Å². The molecule has 1 rings (SSSR count). The van der Waals surface area contributed by atoms with Crippen molar-refractivity contribution in [3.05, 3.63) is 18.3 Å². The SMILES string of the molecule is CSCCNc1ncccc1S(N)(=O)=O. The van der Waals surface area contributed by atoms with Gasteiger partial charge in [0, 0.05) is 18.5 Å². The quantitative estimate of drug-likeness (QED) is 0.740. The van der Waals surface area contributed by atoms with Crippen LogP contribution in [0, 0.1) is 0 Å². The Morgan fingerprint density at radius 2 is 2.33 bits per heavy atom. The average molecular weight is 247 g/mol. The Bertz CT molecular complexity index is 420. The fraction of sp³-hybridized carbons (Fsp3) is 0.375. The standard InChI is InChI=1S/C8H13N3O2S2/c1-14-6-5-11-8-7(15(9,12)13)3-2-4-10-8/h2-4H,5-6H2,1H3,(H,10,11)(H2,9,12,13). The van der Waals surface area contributed by atoms with Gasteiger partial charge in [0.25, 0.3) is 0 Å². The first-order valence-corrected chi connectivity index (χ1v) is 7.20. The average Bonchev–Trinajstić information content (AvgIpc) is 2.17. The number of sulfonamides is 1. The van der Waals surface area contributed by atoms with Crippen LogP contribution >= 0.6 is 11.8 Å². The molecule has 0 aliphatic rings. The van der Waals surface area contributed by atoms with E-state index in [1.165, 1.54) is 12.3 Å². The Morgan fingerprint density at radius 1 is 1.60 bits per heavy atom. The fourth-order valence-corrected chi connectivity index (χ4v) is 1.99. The van der Waals surface area contributed by atoms with E-state index in [0.29, 0.717) is 12.4 Å². The van der Waals surface area contributed by atoms with Gasteiger partial charge < -0.3 is 5.32 Å². The maximum absolute atomic E-state index is 11.2. The van der Waals surface area contributed by atoms with Gasteiger partial charge in [-0.05, 0) is 18.4 Å². The second-order valence-electron chi connectivity index (χ2n) is 2.81. The highest BCUT2D eigenvalue weighted by atomic mass is 32.2. The second-order valence-corrected chi connectivity index (χ2v) is 5.33. The van der Waals surface area contributed by atoms with Crippen molar-refractivity contribution in [3.8, 4) is 0 Å². The highest BCUT2D eigenvalue weighted by Gasteiger charge is 2.13. The number of rotatable bonds is 5.